The molecule has 0 radical (unpaired) electrons. The number of benzene rings is 1. The topological polar surface area (TPSA) is 35.5 Å². The van der Waals surface area contributed by atoms with Gasteiger partial charge in [0.2, 0.25) is 0 Å². The van der Waals surface area contributed by atoms with E-state index in [1.54, 1.807) is 6.07 Å². The summed E-state index contributed by atoms with van der Waals surface area (Å²) in [4.78, 5) is 2.62. The minimum Gasteiger partial charge on any atom is -0.508 e. The van der Waals surface area contributed by atoms with Gasteiger partial charge in [0, 0.05) is 36.7 Å². The van der Waals surface area contributed by atoms with Gasteiger partial charge in [-0.1, -0.05) is 35.2 Å². The lowest BCUT2D eigenvalue weighted by Gasteiger charge is -2.41. The molecule has 0 amide bonds. The quantitative estimate of drug-likeness (QED) is 0.870. The molecule has 4 heteroatoms. The van der Waals surface area contributed by atoms with Crippen molar-refractivity contribution in [2.75, 3.05) is 26.2 Å². The van der Waals surface area contributed by atoms with Crippen molar-refractivity contribution in [3.05, 3.63) is 28.2 Å². The Morgan fingerprint density at radius 3 is 2.57 bits per heavy atom. The monoisotopic (exact) mass is 352 g/mol. The number of hydrogen-bond donors (Lipinski definition) is 2. The highest BCUT2D eigenvalue weighted by atomic mass is 79.9. The normalized spacial score (nSPS) is 23.1. The zero-order valence-electron chi connectivity index (χ0n) is 12.5. The van der Waals surface area contributed by atoms with Gasteiger partial charge in [-0.25, -0.2) is 0 Å². The van der Waals surface area contributed by atoms with Gasteiger partial charge in [-0.3, -0.25) is 4.90 Å². The molecule has 2 aliphatic rings. The van der Waals surface area contributed by atoms with Crippen molar-refractivity contribution in [2.45, 2.75) is 38.1 Å². The van der Waals surface area contributed by atoms with Crippen LogP contribution in [0, 0.1) is 5.92 Å². The zero-order valence-corrected chi connectivity index (χ0v) is 14.1. The van der Waals surface area contributed by atoms with E-state index >= 15 is 0 Å². The third-order valence-electron chi connectivity index (χ3n) is 4.94. The lowest BCUT2D eigenvalue weighted by molar-refractivity contribution is 0.103. The standard InChI is InChI=1S/C17H25BrN2O/c18-16-7-6-14(21)12-15(16)17(13-4-2-1-3-5-13)20-10-8-19-9-11-20/h6-7,12-13,17,19,21H,1-5,8-11H2/t17-/m1/s1. The van der Waals surface area contributed by atoms with Crippen molar-refractivity contribution in [3.8, 4) is 5.75 Å². The van der Waals surface area contributed by atoms with Crippen LogP contribution in [-0.2, 0) is 0 Å². The van der Waals surface area contributed by atoms with Crippen LogP contribution in [0.2, 0.25) is 0 Å². The van der Waals surface area contributed by atoms with Crippen LogP contribution in [0.4, 0.5) is 0 Å². The summed E-state index contributed by atoms with van der Waals surface area (Å²) in [5.41, 5.74) is 1.27. The molecule has 2 fully saturated rings. The van der Waals surface area contributed by atoms with Gasteiger partial charge in [-0.2, -0.15) is 0 Å². The van der Waals surface area contributed by atoms with E-state index in [2.05, 4.69) is 26.1 Å². The number of hydrogen-bond acceptors (Lipinski definition) is 3. The highest BCUT2D eigenvalue weighted by molar-refractivity contribution is 9.10. The van der Waals surface area contributed by atoms with Crippen LogP contribution in [0.1, 0.15) is 43.7 Å². The van der Waals surface area contributed by atoms with Gasteiger partial charge in [-0.05, 0) is 42.5 Å². The van der Waals surface area contributed by atoms with Gasteiger partial charge >= 0.3 is 0 Å². The molecule has 1 saturated carbocycles. The molecule has 1 atom stereocenters. The van der Waals surface area contributed by atoms with E-state index in [-0.39, 0.29) is 0 Å². The van der Waals surface area contributed by atoms with Gasteiger partial charge in [0.25, 0.3) is 0 Å². The molecule has 116 valence electrons. The number of piperazine rings is 1. The largest absolute Gasteiger partial charge is 0.508 e. The molecule has 3 rings (SSSR count). The molecule has 1 aromatic rings. The predicted octanol–water partition coefficient (Wildman–Crippen LogP) is 3.68. The second kappa shape index (κ2) is 7.12. The summed E-state index contributed by atoms with van der Waals surface area (Å²) in [7, 11) is 0. The number of aromatic hydroxyl groups is 1. The van der Waals surface area contributed by atoms with Crippen molar-refractivity contribution in [1.29, 1.82) is 0 Å². The number of nitrogens with zero attached hydrogens (tertiary/aromatic N) is 1. The molecule has 1 saturated heterocycles. The van der Waals surface area contributed by atoms with Gasteiger partial charge < -0.3 is 10.4 Å². The minimum absolute atomic E-state index is 0.379. The fraction of sp³-hybridized carbons (Fsp3) is 0.647. The summed E-state index contributed by atoms with van der Waals surface area (Å²) in [6.07, 6.45) is 6.72. The smallest absolute Gasteiger partial charge is 0.115 e. The third-order valence-corrected chi connectivity index (χ3v) is 5.66. The Bertz CT molecular complexity index is 450. The van der Waals surface area contributed by atoms with Gasteiger partial charge in [0.1, 0.15) is 5.75 Å². The summed E-state index contributed by atoms with van der Waals surface area (Å²) >= 11 is 3.71. The first-order chi connectivity index (χ1) is 10.3. The predicted molar refractivity (Wildman–Crippen MR) is 89.6 cm³/mol. The number of rotatable bonds is 3. The number of phenols is 1. The van der Waals surface area contributed by atoms with Crippen molar-refractivity contribution >= 4 is 15.9 Å². The molecule has 2 N–H and O–H groups in total. The number of phenolic OH excluding ortho intramolecular Hbond substituents is 1. The van der Waals surface area contributed by atoms with Crippen LogP contribution in [0.15, 0.2) is 22.7 Å². The van der Waals surface area contributed by atoms with Crippen LogP contribution in [0.3, 0.4) is 0 Å². The Kier molecular flexibility index (Phi) is 5.19. The first kappa shape index (κ1) is 15.3. The van der Waals surface area contributed by atoms with Gasteiger partial charge in [0.05, 0.1) is 0 Å². The summed E-state index contributed by atoms with van der Waals surface area (Å²) in [5, 5.41) is 13.4. The first-order valence-corrected chi connectivity index (χ1v) is 8.98. The molecule has 3 nitrogen and oxygen atoms in total. The Morgan fingerprint density at radius 1 is 1.14 bits per heavy atom. The van der Waals surface area contributed by atoms with Crippen LogP contribution >= 0.6 is 15.9 Å². The Morgan fingerprint density at radius 2 is 1.86 bits per heavy atom. The van der Waals surface area contributed by atoms with Crippen molar-refractivity contribution in [1.82, 2.24) is 10.2 Å². The third kappa shape index (κ3) is 3.61. The van der Waals surface area contributed by atoms with E-state index in [0.29, 0.717) is 11.8 Å². The average Bonchev–Trinajstić information content (AvgIpc) is 2.53. The van der Waals surface area contributed by atoms with E-state index in [0.717, 1.165) is 36.6 Å². The highest BCUT2D eigenvalue weighted by Gasteiger charge is 2.32. The molecule has 1 heterocycles. The highest BCUT2D eigenvalue weighted by Crippen LogP contribution is 2.41. The molecule has 1 aromatic carbocycles. The summed E-state index contributed by atoms with van der Waals surface area (Å²) in [5.74, 6) is 1.10. The van der Waals surface area contributed by atoms with E-state index < -0.39 is 0 Å². The first-order valence-electron chi connectivity index (χ1n) is 8.19. The molecule has 0 bridgehead atoms. The second-order valence-corrected chi connectivity index (χ2v) is 7.19. The molecular formula is C17H25BrN2O. The molecule has 21 heavy (non-hydrogen) atoms. The van der Waals surface area contributed by atoms with Gasteiger partial charge in [0.15, 0.2) is 0 Å². The van der Waals surface area contributed by atoms with Crippen LogP contribution < -0.4 is 5.32 Å². The molecule has 0 aromatic heterocycles. The van der Waals surface area contributed by atoms with E-state index in [4.69, 9.17) is 0 Å². The lowest BCUT2D eigenvalue weighted by atomic mass is 9.80. The van der Waals surface area contributed by atoms with Crippen LogP contribution in [0.25, 0.3) is 0 Å². The Hall–Kier alpha value is -0.580. The summed E-state index contributed by atoms with van der Waals surface area (Å²) in [6.45, 7) is 4.34. The molecule has 1 aliphatic carbocycles. The molecule has 0 unspecified atom stereocenters. The fourth-order valence-corrected chi connectivity index (χ4v) is 4.40. The van der Waals surface area contributed by atoms with E-state index in [9.17, 15) is 5.11 Å². The van der Waals surface area contributed by atoms with E-state index in [1.165, 1.54) is 37.7 Å². The Balaban J connectivity index is 1.91. The zero-order chi connectivity index (χ0) is 14.7. The van der Waals surface area contributed by atoms with Crippen molar-refractivity contribution in [2.24, 2.45) is 5.92 Å². The number of nitrogens with one attached hydrogen (secondary N) is 1. The molecule has 1 aliphatic heterocycles. The summed E-state index contributed by atoms with van der Waals surface area (Å²) < 4.78 is 1.13. The Labute approximate surface area is 135 Å². The number of halogens is 1. The molecule has 0 spiro atoms. The lowest BCUT2D eigenvalue weighted by Crippen LogP contribution is -2.47. The maximum Gasteiger partial charge on any atom is 0.115 e. The maximum atomic E-state index is 9.93. The molecular weight excluding hydrogens is 328 g/mol. The minimum atomic E-state index is 0.379. The van der Waals surface area contributed by atoms with E-state index in [1.807, 2.05) is 12.1 Å². The van der Waals surface area contributed by atoms with Crippen molar-refractivity contribution < 1.29 is 5.11 Å². The van der Waals surface area contributed by atoms with Crippen LogP contribution in [-0.4, -0.2) is 36.2 Å². The maximum absolute atomic E-state index is 9.93. The van der Waals surface area contributed by atoms with Crippen LogP contribution in [0.5, 0.6) is 5.75 Å². The van der Waals surface area contributed by atoms with Crippen molar-refractivity contribution in [3.63, 3.8) is 0 Å². The summed E-state index contributed by atoms with van der Waals surface area (Å²) in [6, 6.07) is 6.16. The average molecular weight is 353 g/mol. The fourth-order valence-electron chi connectivity index (χ4n) is 3.92. The second-order valence-electron chi connectivity index (χ2n) is 6.33. The van der Waals surface area contributed by atoms with Gasteiger partial charge in [-0.15, -0.1) is 0 Å². The SMILES string of the molecule is Oc1ccc(Br)c([C@@H](C2CCCCC2)N2CCNCC2)c1.